The van der Waals surface area contributed by atoms with Gasteiger partial charge in [-0.2, -0.15) is 0 Å². The number of ether oxygens (including phenoxy) is 1. The van der Waals surface area contributed by atoms with E-state index in [9.17, 15) is 14.7 Å². The number of hydrogen-bond donors (Lipinski definition) is 1. The van der Waals surface area contributed by atoms with E-state index >= 15 is 0 Å². The number of hydrogen-bond acceptors (Lipinski definition) is 4. The summed E-state index contributed by atoms with van der Waals surface area (Å²) < 4.78 is 5.61. The SMILES string of the molecule is CC1(C)C=CC2=C(O1)C(=O)c1ccc(O)cc1C2=O. The van der Waals surface area contributed by atoms with Crippen LogP contribution >= 0.6 is 0 Å². The second-order valence-electron chi connectivity index (χ2n) is 5.17. The Morgan fingerprint density at radius 3 is 2.58 bits per heavy atom. The van der Waals surface area contributed by atoms with E-state index in [-0.39, 0.29) is 39.8 Å². The Bertz CT molecular complexity index is 677. The third-order valence-electron chi connectivity index (χ3n) is 3.20. The molecule has 0 unspecified atom stereocenters. The number of ketones is 2. The van der Waals surface area contributed by atoms with Crippen LogP contribution in [0, 0.1) is 0 Å². The van der Waals surface area contributed by atoms with Crippen molar-refractivity contribution in [1.29, 1.82) is 0 Å². The summed E-state index contributed by atoms with van der Waals surface area (Å²) in [5.41, 5.74) is 0.134. The molecule has 0 bridgehead atoms. The zero-order chi connectivity index (χ0) is 13.8. The zero-order valence-corrected chi connectivity index (χ0v) is 10.6. The van der Waals surface area contributed by atoms with E-state index in [4.69, 9.17) is 4.74 Å². The lowest BCUT2D eigenvalue weighted by atomic mass is 9.85. The Hall–Kier alpha value is -2.36. The van der Waals surface area contributed by atoms with Gasteiger partial charge in [0.05, 0.1) is 5.57 Å². The third kappa shape index (κ3) is 1.68. The fraction of sp³-hybridized carbons (Fsp3) is 0.200. The van der Waals surface area contributed by atoms with Crippen molar-refractivity contribution in [3.05, 3.63) is 52.8 Å². The molecule has 4 nitrogen and oxygen atoms in total. The van der Waals surface area contributed by atoms with Gasteiger partial charge in [-0.25, -0.2) is 0 Å². The van der Waals surface area contributed by atoms with E-state index in [0.717, 1.165) is 0 Å². The first-order valence-corrected chi connectivity index (χ1v) is 5.94. The van der Waals surface area contributed by atoms with Gasteiger partial charge in [0.1, 0.15) is 11.4 Å². The van der Waals surface area contributed by atoms with Gasteiger partial charge in [-0.3, -0.25) is 9.59 Å². The van der Waals surface area contributed by atoms with Crippen molar-refractivity contribution >= 4 is 11.6 Å². The van der Waals surface area contributed by atoms with Gasteiger partial charge < -0.3 is 9.84 Å². The molecule has 1 aliphatic heterocycles. The van der Waals surface area contributed by atoms with Gasteiger partial charge in [0.15, 0.2) is 11.5 Å². The molecule has 1 aliphatic carbocycles. The fourth-order valence-electron chi connectivity index (χ4n) is 2.24. The molecule has 0 saturated carbocycles. The normalized spacial score (nSPS) is 19.9. The van der Waals surface area contributed by atoms with E-state index in [0.29, 0.717) is 0 Å². The highest BCUT2D eigenvalue weighted by Gasteiger charge is 2.37. The topological polar surface area (TPSA) is 63.6 Å². The van der Waals surface area contributed by atoms with E-state index in [1.54, 1.807) is 12.2 Å². The molecule has 3 rings (SSSR count). The average molecular weight is 256 g/mol. The molecule has 0 atom stereocenters. The first-order chi connectivity index (χ1) is 8.89. The predicted molar refractivity (Wildman–Crippen MR) is 68.1 cm³/mol. The van der Waals surface area contributed by atoms with E-state index < -0.39 is 5.60 Å². The number of carbonyl (C=O) groups is 2. The van der Waals surface area contributed by atoms with Gasteiger partial charge in [-0.15, -0.1) is 0 Å². The highest BCUT2D eigenvalue weighted by molar-refractivity contribution is 6.27. The van der Waals surface area contributed by atoms with Gasteiger partial charge in [0.2, 0.25) is 5.78 Å². The van der Waals surface area contributed by atoms with Gasteiger partial charge in [0.25, 0.3) is 0 Å². The monoisotopic (exact) mass is 256 g/mol. The highest BCUT2D eigenvalue weighted by atomic mass is 16.5. The standard InChI is InChI=1S/C15H12O4/c1-15(2)6-5-10-12(17)11-7-8(16)3-4-9(11)13(18)14(10)19-15/h3-7,16H,1-2H3. The van der Waals surface area contributed by atoms with Crippen molar-refractivity contribution in [2.75, 3.05) is 0 Å². The largest absolute Gasteiger partial charge is 0.508 e. The highest BCUT2D eigenvalue weighted by Crippen LogP contribution is 2.35. The number of benzene rings is 1. The summed E-state index contributed by atoms with van der Waals surface area (Å²) in [4.78, 5) is 24.7. The predicted octanol–water partition coefficient (Wildman–Crippen LogP) is 2.39. The van der Waals surface area contributed by atoms with Crippen LogP contribution in [0.15, 0.2) is 41.7 Å². The van der Waals surface area contributed by atoms with Crippen molar-refractivity contribution < 1.29 is 19.4 Å². The van der Waals surface area contributed by atoms with Gasteiger partial charge >= 0.3 is 0 Å². The molecule has 0 spiro atoms. The Morgan fingerprint density at radius 1 is 1.11 bits per heavy atom. The zero-order valence-electron chi connectivity index (χ0n) is 10.6. The third-order valence-corrected chi connectivity index (χ3v) is 3.20. The Kier molecular flexibility index (Phi) is 2.20. The van der Waals surface area contributed by atoms with E-state index in [2.05, 4.69) is 0 Å². The number of carbonyl (C=O) groups excluding carboxylic acids is 2. The summed E-state index contributed by atoms with van der Waals surface area (Å²) in [6, 6.07) is 4.15. The first kappa shape index (κ1) is 11.7. The smallest absolute Gasteiger partial charge is 0.229 e. The van der Waals surface area contributed by atoms with Crippen LogP contribution in [0.2, 0.25) is 0 Å². The van der Waals surface area contributed by atoms with Crippen LogP contribution in [0.5, 0.6) is 5.75 Å². The molecule has 0 aromatic heterocycles. The van der Waals surface area contributed by atoms with Crippen molar-refractivity contribution in [3.63, 3.8) is 0 Å². The number of rotatable bonds is 0. The van der Waals surface area contributed by atoms with Crippen LogP contribution in [0.1, 0.15) is 34.6 Å². The van der Waals surface area contributed by atoms with Crippen LogP contribution in [-0.2, 0) is 4.74 Å². The van der Waals surface area contributed by atoms with E-state index in [1.807, 2.05) is 13.8 Å². The maximum atomic E-state index is 12.3. The summed E-state index contributed by atoms with van der Waals surface area (Å²) >= 11 is 0. The number of phenolic OH excluding ortho intramolecular Hbond substituents is 1. The molecule has 0 fully saturated rings. The molecule has 1 heterocycles. The molecular formula is C15H12O4. The van der Waals surface area contributed by atoms with E-state index in [1.165, 1.54) is 18.2 Å². The molecule has 1 aromatic carbocycles. The van der Waals surface area contributed by atoms with Crippen LogP contribution in [0.3, 0.4) is 0 Å². The van der Waals surface area contributed by atoms with Crippen molar-refractivity contribution in [2.45, 2.75) is 19.4 Å². The summed E-state index contributed by atoms with van der Waals surface area (Å²) in [5, 5.41) is 9.44. The van der Waals surface area contributed by atoms with Crippen molar-refractivity contribution in [1.82, 2.24) is 0 Å². The maximum absolute atomic E-state index is 12.3. The van der Waals surface area contributed by atoms with Gasteiger partial charge in [0, 0.05) is 11.1 Å². The molecular weight excluding hydrogens is 244 g/mol. The number of allylic oxidation sites excluding steroid dienone is 3. The van der Waals surface area contributed by atoms with Crippen LogP contribution in [-0.4, -0.2) is 22.3 Å². The average Bonchev–Trinajstić information content (AvgIpc) is 2.35. The Balaban J connectivity index is 2.19. The molecule has 4 heteroatoms. The quantitative estimate of drug-likeness (QED) is 0.774. The second kappa shape index (κ2) is 3.57. The minimum Gasteiger partial charge on any atom is -0.508 e. The van der Waals surface area contributed by atoms with Gasteiger partial charge in [-0.05, 0) is 44.2 Å². The number of Topliss-reactive ketones (excluding diaryl/α,β-unsaturated/α-hetero) is 2. The molecule has 19 heavy (non-hydrogen) atoms. The minimum atomic E-state index is -0.608. The van der Waals surface area contributed by atoms with Crippen LogP contribution in [0.25, 0.3) is 0 Å². The molecule has 0 saturated heterocycles. The summed E-state index contributed by atoms with van der Waals surface area (Å²) in [5.74, 6) is -0.560. The van der Waals surface area contributed by atoms with Crippen molar-refractivity contribution in [2.24, 2.45) is 0 Å². The Labute approximate surface area is 110 Å². The van der Waals surface area contributed by atoms with Crippen molar-refractivity contribution in [3.8, 4) is 5.75 Å². The molecule has 0 radical (unpaired) electrons. The van der Waals surface area contributed by atoms with Crippen LogP contribution in [0.4, 0.5) is 0 Å². The maximum Gasteiger partial charge on any atom is 0.229 e. The first-order valence-electron chi connectivity index (χ1n) is 5.94. The summed E-state index contributed by atoms with van der Waals surface area (Å²) in [6.45, 7) is 3.63. The summed E-state index contributed by atoms with van der Waals surface area (Å²) in [6.07, 6.45) is 3.36. The Morgan fingerprint density at radius 2 is 1.84 bits per heavy atom. The lowest BCUT2D eigenvalue weighted by molar-refractivity contribution is 0.0544. The molecule has 1 aromatic rings. The second-order valence-corrected chi connectivity index (χ2v) is 5.17. The molecule has 1 N–H and O–H groups in total. The van der Waals surface area contributed by atoms with Gasteiger partial charge in [-0.1, -0.05) is 0 Å². The number of phenols is 1. The van der Waals surface area contributed by atoms with Crippen LogP contribution < -0.4 is 0 Å². The molecule has 2 aliphatic rings. The molecule has 96 valence electrons. The fourth-order valence-corrected chi connectivity index (χ4v) is 2.24. The molecule has 0 amide bonds. The summed E-state index contributed by atoms with van der Waals surface area (Å²) in [7, 11) is 0. The lowest BCUT2D eigenvalue weighted by Crippen LogP contribution is -2.32. The lowest BCUT2D eigenvalue weighted by Gasteiger charge is -2.31. The minimum absolute atomic E-state index is 0.0370. The number of aromatic hydroxyl groups is 1. The number of fused-ring (bicyclic) bond motifs is 1.